The summed E-state index contributed by atoms with van der Waals surface area (Å²) in [5.74, 6) is 0. The highest BCUT2D eigenvalue weighted by molar-refractivity contribution is 7.23. The Balaban J connectivity index is 2.31. The van der Waals surface area contributed by atoms with Crippen LogP contribution >= 0.6 is 0 Å². The second kappa shape index (κ2) is 5.34. The van der Waals surface area contributed by atoms with E-state index in [1.54, 1.807) is 12.6 Å². The number of allylic oxidation sites excluding steroid dienone is 4. The zero-order chi connectivity index (χ0) is 8.81. The zero-order valence-electron chi connectivity index (χ0n) is 7.72. The summed E-state index contributed by atoms with van der Waals surface area (Å²) in [4.78, 5) is 0. The fraction of sp³-hybridized carbons (Fsp3) is 0.556. The largest absolute Gasteiger partial charge is 0.0858 e. The molecule has 0 bridgehead atoms. The molecule has 0 spiro atoms. The first-order valence-electron chi connectivity index (χ1n) is 4.62. The van der Waals surface area contributed by atoms with Crippen molar-refractivity contribution in [2.24, 2.45) is 0 Å². The van der Waals surface area contributed by atoms with E-state index in [4.69, 9.17) is 7.74 Å². The van der Waals surface area contributed by atoms with Crippen LogP contribution in [-0.4, -0.2) is 22.0 Å². The Morgan fingerprint density at radius 1 is 1.58 bits per heavy atom. The summed E-state index contributed by atoms with van der Waals surface area (Å²) in [5, 5.41) is 0. The lowest BCUT2D eigenvalue weighted by Gasteiger charge is -2.03. The highest BCUT2D eigenvalue weighted by atomic mass is 14.1. The van der Waals surface area contributed by atoms with Crippen LogP contribution in [0.3, 0.4) is 0 Å². The van der Waals surface area contributed by atoms with Gasteiger partial charge in [-0.05, 0) is 24.8 Å². The quantitative estimate of drug-likeness (QED) is 0.418. The molecule has 1 aliphatic rings. The molecule has 0 saturated heterocycles. The van der Waals surface area contributed by atoms with Crippen molar-refractivity contribution in [3.05, 3.63) is 23.3 Å². The molecule has 3 heteroatoms. The molecule has 58 valence electrons. The van der Waals surface area contributed by atoms with Gasteiger partial charge in [-0.2, -0.15) is 0 Å². The van der Waals surface area contributed by atoms with Gasteiger partial charge < -0.3 is 0 Å². The molecule has 0 atom stereocenters. The van der Waals surface area contributed by atoms with Crippen LogP contribution in [0.25, 0.3) is 0 Å². The average Bonchev–Trinajstić information content (AvgIpc) is 2.52. The van der Waals surface area contributed by atoms with Gasteiger partial charge in [0.2, 0.25) is 0 Å². The van der Waals surface area contributed by atoms with Gasteiger partial charge in [-0.3, -0.25) is 0 Å². The minimum Gasteiger partial charge on any atom is -0.0858 e. The van der Waals surface area contributed by atoms with Crippen LogP contribution in [0.2, 0.25) is 6.32 Å². The maximum atomic E-state index is 5.27. The third-order valence-corrected chi connectivity index (χ3v) is 2.27. The second-order valence-corrected chi connectivity index (χ2v) is 3.06. The summed E-state index contributed by atoms with van der Waals surface area (Å²) >= 11 is 0. The Hall–Kier alpha value is -0.325. The van der Waals surface area contributed by atoms with Crippen molar-refractivity contribution < 1.29 is 0 Å². The van der Waals surface area contributed by atoms with E-state index in [0.29, 0.717) is 0 Å². The molecule has 1 rings (SSSR count). The Labute approximate surface area is 78.4 Å². The second-order valence-electron chi connectivity index (χ2n) is 3.06. The van der Waals surface area contributed by atoms with Gasteiger partial charge in [-0.25, -0.2) is 0 Å². The zero-order valence-corrected chi connectivity index (χ0v) is 7.72. The fourth-order valence-corrected chi connectivity index (χ4v) is 1.58. The Bertz CT molecular complexity index is 194. The molecular formula is C9H13B3. The Morgan fingerprint density at radius 3 is 3.08 bits per heavy atom. The summed E-state index contributed by atoms with van der Waals surface area (Å²) in [5.41, 5.74) is 3.12. The first-order chi connectivity index (χ1) is 5.88. The van der Waals surface area contributed by atoms with Crippen molar-refractivity contribution in [2.45, 2.75) is 32.5 Å². The molecule has 4 radical (unpaired) electrons. The van der Waals surface area contributed by atoms with Gasteiger partial charge in [0.15, 0.2) is 0 Å². The van der Waals surface area contributed by atoms with Gasteiger partial charge in [0.05, 0.1) is 7.17 Å². The molecule has 0 aromatic rings. The highest BCUT2D eigenvalue weighted by Gasteiger charge is 2.06. The van der Waals surface area contributed by atoms with Gasteiger partial charge in [0.25, 0.3) is 0 Å². The van der Waals surface area contributed by atoms with E-state index in [1.165, 1.54) is 12.0 Å². The normalized spacial score (nSPS) is 15.4. The van der Waals surface area contributed by atoms with Crippen LogP contribution in [0.4, 0.5) is 0 Å². The van der Waals surface area contributed by atoms with E-state index in [0.717, 1.165) is 19.2 Å². The first-order valence-corrected chi connectivity index (χ1v) is 4.62. The SMILES string of the molecule is [B][B][B]CCC1=C(CC)C=CC1. The standard InChI is InChI=1S/C9H13B3/c1-2-8-4-3-5-9(8)6-7-11-12-10/h3-4H,2,5-7H2,1H3. The van der Waals surface area contributed by atoms with E-state index in [9.17, 15) is 0 Å². The van der Waals surface area contributed by atoms with E-state index >= 15 is 0 Å². The lowest BCUT2D eigenvalue weighted by molar-refractivity contribution is 0.994. The summed E-state index contributed by atoms with van der Waals surface area (Å²) in [6.07, 6.45) is 9.07. The van der Waals surface area contributed by atoms with Crippen LogP contribution in [0.15, 0.2) is 23.3 Å². The predicted molar refractivity (Wildman–Crippen MR) is 57.8 cm³/mol. The lowest BCUT2D eigenvalue weighted by Crippen LogP contribution is -2.02. The molecule has 0 aliphatic heterocycles. The summed E-state index contributed by atoms with van der Waals surface area (Å²) < 4.78 is 0. The molecule has 0 fully saturated rings. The maximum absolute atomic E-state index is 5.27. The molecule has 1 aliphatic carbocycles. The van der Waals surface area contributed by atoms with Crippen LogP contribution in [0.5, 0.6) is 0 Å². The maximum Gasteiger partial charge on any atom is 0.0548 e. The first kappa shape index (κ1) is 9.76. The average molecular weight is 154 g/mol. The third-order valence-electron chi connectivity index (χ3n) is 2.27. The molecule has 0 aromatic heterocycles. The van der Waals surface area contributed by atoms with Crippen LogP contribution < -0.4 is 0 Å². The summed E-state index contributed by atoms with van der Waals surface area (Å²) in [6.45, 7) is 2.21. The van der Waals surface area contributed by atoms with Crippen LogP contribution in [0, 0.1) is 0 Å². The van der Waals surface area contributed by atoms with Crippen molar-refractivity contribution in [3.63, 3.8) is 0 Å². The fourth-order valence-electron chi connectivity index (χ4n) is 1.58. The number of hydrogen-bond acceptors (Lipinski definition) is 0. The lowest BCUT2D eigenvalue weighted by atomic mass is 9.27. The van der Waals surface area contributed by atoms with E-state index in [1.807, 2.05) is 7.17 Å². The van der Waals surface area contributed by atoms with Crippen LogP contribution in [-0.2, 0) is 0 Å². The van der Waals surface area contributed by atoms with Gasteiger partial charge in [-0.15, -0.1) is 0 Å². The van der Waals surface area contributed by atoms with Crippen molar-refractivity contribution in [2.75, 3.05) is 0 Å². The molecule has 0 aromatic carbocycles. The number of rotatable bonds is 5. The monoisotopic (exact) mass is 154 g/mol. The topological polar surface area (TPSA) is 0 Å². The molecule has 0 N–H and O–H groups in total. The van der Waals surface area contributed by atoms with E-state index in [-0.39, 0.29) is 0 Å². The molecule has 12 heavy (non-hydrogen) atoms. The molecular weight excluding hydrogens is 141 g/mol. The minimum atomic E-state index is 1.08. The highest BCUT2D eigenvalue weighted by Crippen LogP contribution is 2.25. The van der Waals surface area contributed by atoms with Crippen LogP contribution in [0.1, 0.15) is 26.2 Å². The molecule has 0 unspecified atom stereocenters. The smallest absolute Gasteiger partial charge is 0.0548 e. The van der Waals surface area contributed by atoms with Gasteiger partial charge in [-0.1, -0.05) is 31.0 Å². The summed E-state index contributed by atoms with van der Waals surface area (Å²) in [6, 6.07) is 0. The van der Waals surface area contributed by atoms with Crippen molar-refractivity contribution in [1.29, 1.82) is 0 Å². The molecule has 0 nitrogen and oxygen atoms in total. The van der Waals surface area contributed by atoms with Gasteiger partial charge in [0.1, 0.15) is 0 Å². The van der Waals surface area contributed by atoms with Gasteiger partial charge in [0, 0.05) is 14.8 Å². The minimum absolute atomic E-state index is 1.08. The molecule has 0 saturated carbocycles. The summed E-state index contributed by atoms with van der Waals surface area (Å²) in [7, 11) is 8.93. The number of hydrogen-bond donors (Lipinski definition) is 0. The van der Waals surface area contributed by atoms with Crippen molar-refractivity contribution >= 4 is 22.0 Å². The molecule has 0 heterocycles. The van der Waals surface area contributed by atoms with Gasteiger partial charge >= 0.3 is 0 Å². The predicted octanol–water partition coefficient (Wildman–Crippen LogP) is 1.87. The van der Waals surface area contributed by atoms with E-state index < -0.39 is 0 Å². The third kappa shape index (κ3) is 2.62. The van der Waals surface area contributed by atoms with Crippen molar-refractivity contribution in [1.82, 2.24) is 0 Å². The molecule has 0 amide bonds. The van der Waals surface area contributed by atoms with E-state index in [2.05, 4.69) is 19.1 Å². The Morgan fingerprint density at radius 2 is 2.42 bits per heavy atom. The Kier molecular flexibility index (Phi) is 4.35. The van der Waals surface area contributed by atoms with Crippen molar-refractivity contribution in [3.8, 4) is 0 Å².